The number of aryl methyl sites for hydroxylation is 2. The molecule has 1 heterocycles. The molecule has 0 amide bonds. The Morgan fingerprint density at radius 1 is 1.17 bits per heavy atom. The number of nitrogens with zero attached hydrogens (tertiary/aromatic N) is 2. The predicted molar refractivity (Wildman–Crippen MR) is 90.8 cm³/mol. The van der Waals surface area contributed by atoms with Gasteiger partial charge in [0.1, 0.15) is 11.6 Å². The third-order valence-corrected chi connectivity index (χ3v) is 3.98. The molecule has 0 fully saturated rings. The van der Waals surface area contributed by atoms with Gasteiger partial charge in [0, 0.05) is 12.1 Å². The number of rotatable bonds is 4. The molecule has 0 unspecified atom stereocenters. The molecule has 0 bridgehead atoms. The van der Waals surface area contributed by atoms with E-state index in [0.29, 0.717) is 17.8 Å². The van der Waals surface area contributed by atoms with E-state index in [1.807, 2.05) is 30.5 Å². The summed E-state index contributed by atoms with van der Waals surface area (Å²) in [6, 6.07) is 11.5. The van der Waals surface area contributed by atoms with Crippen molar-refractivity contribution >= 4 is 5.78 Å². The Kier molecular flexibility index (Phi) is 4.27. The average molecular weight is 323 g/mol. The van der Waals surface area contributed by atoms with Crippen molar-refractivity contribution in [3.63, 3.8) is 0 Å². The van der Waals surface area contributed by atoms with E-state index in [4.69, 9.17) is 5.73 Å². The van der Waals surface area contributed by atoms with Crippen molar-refractivity contribution in [3.05, 3.63) is 82.7 Å². The Hall–Kier alpha value is -2.79. The van der Waals surface area contributed by atoms with Crippen molar-refractivity contribution in [2.24, 2.45) is 5.73 Å². The molecule has 3 rings (SSSR count). The fourth-order valence-corrected chi connectivity index (χ4v) is 2.78. The Balaban J connectivity index is 2.22. The van der Waals surface area contributed by atoms with Crippen LogP contribution in [0.2, 0.25) is 0 Å². The second-order valence-corrected chi connectivity index (χ2v) is 5.67. The number of imidazole rings is 1. The minimum Gasteiger partial charge on any atom is -0.325 e. The van der Waals surface area contributed by atoms with Gasteiger partial charge in [-0.1, -0.05) is 23.8 Å². The monoisotopic (exact) mass is 323 g/mol. The van der Waals surface area contributed by atoms with Gasteiger partial charge in [0.15, 0.2) is 5.78 Å². The lowest BCUT2D eigenvalue weighted by molar-refractivity contribution is 0.103. The van der Waals surface area contributed by atoms with Crippen LogP contribution in [-0.4, -0.2) is 15.3 Å². The van der Waals surface area contributed by atoms with Gasteiger partial charge in [-0.3, -0.25) is 9.36 Å². The number of hydrogen-bond donors (Lipinski definition) is 1. The zero-order chi connectivity index (χ0) is 17.3. The smallest absolute Gasteiger partial charge is 0.198 e. The van der Waals surface area contributed by atoms with Crippen LogP contribution < -0.4 is 5.73 Å². The molecule has 0 aliphatic rings. The lowest BCUT2D eigenvalue weighted by atomic mass is 9.99. The summed E-state index contributed by atoms with van der Waals surface area (Å²) in [5.41, 5.74) is 8.64. The number of ketones is 1. The standard InChI is InChI=1S/C19H18FN3O/c1-12-7-8-18(23-13(2)22-11-14(23)10-21)16(9-12)19(24)15-5-3-4-6-17(15)20/h3-9,11H,10,21H2,1-2H3. The van der Waals surface area contributed by atoms with E-state index in [9.17, 15) is 9.18 Å². The van der Waals surface area contributed by atoms with Crippen LogP contribution >= 0.6 is 0 Å². The molecule has 122 valence electrons. The maximum absolute atomic E-state index is 14.1. The van der Waals surface area contributed by atoms with Gasteiger partial charge in [0.05, 0.1) is 23.1 Å². The highest BCUT2D eigenvalue weighted by molar-refractivity contribution is 6.11. The Bertz CT molecular complexity index is 915. The van der Waals surface area contributed by atoms with Crippen molar-refractivity contribution in [2.45, 2.75) is 20.4 Å². The molecule has 0 aliphatic heterocycles. The molecule has 24 heavy (non-hydrogen) atoms. The van der Waals surface area contributed by atoms with Gasteiger partial charge in [-0.05, 0) is 38.1 Å². The molecule has 1 aromatic heterocycles. The molecule has 5 heteroatoms. The zero-order valence-electron chi connectivity index (χ0n) is 13.6. The van der Waals surface area contributed by atoms with Crippen LogP contribution in [0.1, 0.15) is 33.0 Å². The number of halogens is 1. The van der Waals surface area contributed by atoms with E-state index in [1.54, 1.807) is 24.4 Å². The van der Waals surface area contributed by atoms with Gasteiger partial charge in [0.25, 0.3) is 0 Å². The molecule has 0 saturated carbocycles. The zero-order valence-corrected chi connectivity index (χ0v) is 13.6. The highest BCUT2D eigenvalue weighted by Crippen LogP contribution is 2.24. The summed E-state index contributed by atoms with van der Waals surface area (Å²) in [5.74, 6) is -0.166. The summed E-state index contributed by atoms with van der Waals surface area (Å²) in [5, 5.41) is 0. The van der Waals surface area contributed by atoms with Crippen LogP contribution in [0.3, 0.4) is 0 Å². The van der Waals surface area contributed by atoms with Crippen molar-refractivity contribution in [2.75, 3.05) is 0 Å². The summed E-state index contributed by atoms with van der Waals surface area (Å²) in [4.78, 5) is 17.2. The lowest BCUT2D eigenvalue weighted by Gasteiger charge is -2.15. The van der Waals surface area contributed by atoms with E-state index < -0.39 is 5.82 Å². The van der Waals surface area contributed by atoms with Crippen LogP contribution in [0, 0.1) is 19.7 Å². The second kappa shape index (κ2) is 6.37. The highest BCUT2D eigenvalue weighted by atomic mass is 19.1. The van der Waals surface area contributed by atoms with Gasteiger partial charge < -0.3 is 5.73 Å². The molecule has 2 N–H and O–H groups in total. The highest BCUT2D eigenvalue weighted by Gasteiger charge is 2.20. The van der Waals surface area contributed by atoms with E-state index in [-0.39, 0.29) is 11.3 Å². The summed E-state index contributed by atoms with van der Waals surface area (Å²) >= 11 is 0. The van der Waals surface area contributed by atoms with E-state index in [1.165, 1.54) is 12.1 Å². The van der Waals surface area contributed by atoms with Crippen LogP contribution in [-0.2, 0) is 6.54 Å². The van der Waals surface area contributed by atoms with E-state index in [2.05, 4.69) is 4.98 Å². The van der Waals surface area contributed by atoms with Gasteiger partial charge in [-0.25, -0.2) is 9.37 Å². The first kappa shape index (κ1) is 16.1. The maximum Gasteiger partial charge on any atom is 0.198 e. The summed E-state index contributed by atoms with van der Waals surface area (Å²) in [6.45, 7) is 4.03. The van der Waals surface area contributed by atoms with Crippen LogP contribution in [0.5, 0.6) is 0 Å². The van der Waals surface area contributed by atoms with Crippen LogP contribution in [0.25, 0.3) is 5.69 Å². The molecule has 0 aliphatic carbocycles. The molecule has 2 aromatic carbocycles. The van der Waals surface area contributed by atoms with E-state index >= 15 is 0 Å². The molecular formula is C19H18FN3O. The topological polar surface area (TPSA) is 60.9 Å². The minimum atomic E-state index is -0.531. The Morgan fingerprint density at radius 2 is 1.92 bits per heavy atom. The number of hydrogen-bond acceptors (Lipinski definition) is 3. The SMILES string of the molecule is Cc1ccc(-n2c(CN)cnc2C)c(C(=O)c2ccccc2F)c1. The van der Waals surface area contributed by atoms with Crippen LogP contribution in [0.4, 0.5) is 4.39 Å². The average Bonchev–Trinajstić information content (AvgIpc) is 2.95. The second-order valence-electron chi connectivity index (χ2n) is 5.67. The third-order valence-electron chi connectivity index (χ3n) is 3.98. The number of aromatic nitrogens is 2. The summed E-state index contributed by atoms with van der Waals surface area (Å²) < 4.78 is 15.9. The fraction of sp³-hybridized carbons (Fsp3) is 0.158. The van der Waals surface area contributed by atoms with Gasteiger partial charge in [0.2, 0.25) is 0 Å². The van der Waals surface area contributed by atoms with Crippen molar-refractivity contribution in [1.29, 1.82) is 0 Å². The lowest BCUT2D eigenvalue weighted by Crippen LogP contribution is -2.13. The molecule has 0 radical (unpaired) electrons. The first-order valence-corrected chi connectivity index (χ1v) is 7.66. The van der Waals surface area contributed by atoms with Gasteiger partial charge >= 0.3 is 0 Å². The minimum absolute atomic E-state index is 0.0522. The molecule has 0 spiro atoms. The Morgan fingerprint density at radius 3 is 2.62 bits per heavy atom. The van der Waals surface area contributed by atoms with Crippen molar-refractivity contribution < 1.29 is 9.18 Å². The quantitative estimate of drug-likeness (QED) is 0.749. The molecule has 0 saturated heterocycles. The first-order valence-electron chi connectivity index (χ1n) is 7.66. The summed E-state index contributed by atoms with van der Waals surface area (Å²) in [7, 11) is 0. The van der Waals surface area contributed by atoms with Crippen molar-refractivity contribution in [1.82, 2.24) is 9.55 Å². The predicted octanol–water partition coefficient (Wildman–Crippen LogP) is 3.32. The van der Waals surface area contributed by atoms with E-state index in [0.717, 1.165) is 17.1 Å². The van der Waals surface area contributed by atoms with Crippen LogP contribution in [0.15, 0.2) is 48.7 Å². The number of nitrogens with two attached hydrogens (primary N) is 1. The third kappa shape index (κ3) is 2.74. The normalized spacial score (nSPS) is 10.8. The van der Waals surface area contributed by atoms with Gasteiger partial charge in [-0.2, -0.15) is 0 Å². The summed E-state index contributed by atoms with van der Waals surface area (Å²) in [6.07, 6.45) is 1.69. The largest absolute Gasteiger partial charge is 0.325 e. The number of benzene rings is 2. The fourth-order valence-electron chi connectivity index (χ4n) is 2.78. The number of carbonyl (C=O) groups excluding carboxylic acids is 1. The molecule has 3 aromatic rings. The van der Waals surface area contributed by atoms with Crippen molar-refractivity contribution in [3.8, 4) is 5.69 Å². The van der Waals surface area contributed by atoms with Gasteiger partial charge in [-0.15, -0.1) is 0 Å². The molecular weight excluding hydrogens is 305 g/mol. The maximum atomic E-state index is 14.1. The molecule has 4 nitrogen and oxygen atoms in total. The number of carbonyl (C=O) groups is 1. The molecule has 0 atom stereocenters. The first-order chi connectivity index (χ1) is 11.5. The Labute approximate surface area is 139 Å².